The second-order valence-electron chi connectivity index (χ2n) is 8.95. The zero-order chi connectivity index (χ0) is 19.6. The molecule has 0 aliphatic heterocycles. The van der Waals surface area contributed by atoms with Crippen LogP contribution in [0.2, 0.25) is 0 Å². The number of hydrogen-bond acceptors (Lipinski definition) is 3. The van der Waals surface area contributed by atoms with Crippen molar-refractivity contribution < 1.29 is 17.5 Å². The van der Waals surface area contributed by atoms with Crippen LogP contribution in [-0.2, 0) is 10.1 Å². The highest BCUT2D eigenvalue weighted by molar-refractivity contribution is 7.87. The van der Waals surface area contributed by atoms with E-state index in [1.807, 2.05) is 0 Å². The van der Waals surface area contributed by atoms with Gasteiger partial charge in [0.1, 0.15) is 10.1 Å². The second-order valence-corrected chi connectivity index (χ2v) is 11.0. The highest BCUT2D eigenvalue weighted by atomic mass is 32.2. The van der Waals surface area contributed by atoms with E-state index in [1.54, 1.807) is 13.8 Å². The number of rotatable bonds is 15. The van der Waals surface area contributed by atoms with E-state index in [1.165, 1.54) is 57.8 Å². The minimum atomic E-state index is -4.26. The lowest BCUT2D eigenvalue weighted by molar-refractivity contribution is -0.913. The maximum atomic E-state index is 11.4. The summed E-state index contributed by atoms with van der Waals surface area (Å²) in [6.07, 6.45) is 13.6. The molecule has 0 heterocycles. The highest BCUT2D eigenvalue weighted by Crippen LogP contribution is 2.26. The van der Waals surface area contributed by atoms with Gasteiger partial charge in [0.2, 0.25) is 0 Å². The average molecular weight is 378 g/mol. The molecule has 0 aliphatic rings. The van der Waals surface area contributed by atoms with Gasteiger partial charge in [0, 0.05) is 6.42 Å². The molecule has 0 aromatic rings. The van der Waals surface area contributed by atoms with E-state index < -0.39 is 14.9 Å². The molecule has 0 bridgehead atoms. The first kappa shape index (κ1) is 24.9. The van der Waals surface area contributed by atoms with E-state index in [0.29, 0.717) is 6.42 Å². The Morgan fingerprint density at radius 2 is 1.28 bits per heavy atom. The summed E-state index contributed by atoms with van der Waals surface area (Å²) in [6.45, 7) is 8.44. The van der Waals surface area contributed by atoms with E-state index in [9.17, 15) is 13.0 Å². The Balaban J connectivity index is 3.97. The monoisotopic (exact) mass is 377 g/mol. The average Bonchev–Trinajstić information content (AvgIpc) is 2.47. The van der Waals surface area contributed by atoms with Crippen molar-refractivity contribution in [1.29, 1.82) is 0 Å². The number of hydrogen-bond donors (Lipinski definition) is 0. The fourth-order valence-corrected chi connectivity index (χ4v) is 3.73. The molecule has 0 aliphatic carbocycles. The predicted octanol–water partition coefficient (Wildman–Crippen LogP) is 5.09. The van der Waals surface area contributed by atoms with E-state index in [0.717, 1.165) is 17.4 Å². The normalized spacial score (nSPS) is 14.7. The second kappa shape index (κ2) is 11.6. The van der Waals surface area contributed by atoms with Crippen molar-refractivity contribution in [3.63, 3.8) is 0 Å². The third-order valence-corrected chi connectivity index (χ3v) is 7.27. The lowest BCUT2D eigenvalue weighted by atomic mass is 10.0. The molecule has 0 spiro atoms. The van der Waals surface area contributed by atoms with Gasteiger partial charge in [-0.25, -0.2) is 8.42 Å². The summed E-state index contributed by atoms with van der Waals surface area (Å²) in [5, 5.41) is 0. The van der Waals surface area contributed by atoms with Crippen molar-refractivity contribution in [2.24, 2.45) is 0 Å². The van der Waals surface area contributed by atoms with Gasteiger partial charge in [-0.2, -0.15) is 0 Å². The molecule has 5 heteroatoms. The van der Waals surface area contributed by atoms with Gasteiger partial charge in [0.05, 0.1) is 31.4 Å². The largest absolute Gasteiger partial charge is 0.748 e. The lowest BCUT2D eigenvalue weighted by Crippen LogP contribution is -2.51. The zero-order valence-electron chi connectivity index (χ0n) is 17.6. The number of quaternary nitrogens is 1. The maximum absolute atomic E-state index is 11.4. The minimum Gasteiger partial charge on any atom is -0.748 e. The molecular weight excluding hydrogens is 334 g/mol. The SMILES string of the molecule is CCCCCCCCCCCC[N+](C)(C)C(C)CC(C)(C)S(=O)(=O)[O-]. The van der Waals surface area contributed by atoms with Gasteiger partial charge in [-0.05, 0) is 33.6 Å². The van der Waals surface area contributed by atoms with Crippen molar-refractivity contribution in [1.82, 2.24) is 0 Å². The quantitative estimate of drug-likeness (QED) is 0.227. The molecule has 0 aromatic carbocycles. The number of nitrogens with zero attached hydrogens (tertiary/aromatic N) is 1. The fourth-order valence-electron chi connectivity index (χ4n) is 3.29. The lowest BCUT2D eigenvalue weighted by Gasteiger charge is -2.40. The molecule has 152 valence electrons. The number of unbranched alkanes of at least 4 members (excludes halogenated alkanes) is 9. The van der Waals surface area contributed by atoms with Crippen LogP contribution in [0.15, 0.2) is 0 Å². The first-order valence-electron chi connectivity index (χ1n) is 10.2. The van der Waals surface area contributed by atoms with Crippen molar-refractivity contribution >= 4 is 10.1 Å². The van der Waals surface area contributed by atoms with Crippen LogP contribution >= 0.6 is 0 Å². The third kappa shape index (κ3) is 10.6. The summed E-state index contributed by atoms with van der Waals surface area (Å²) < 4.78 is 33.8. The van der Waals surface area contributed by atoms with Crippen molar-refractivity contribution in [2.45, 2.75) is 109 Å². The van der Waals surface area contributed by atoms with Gasteiger partial charge < -0.3 is 9.04 Å². The Labute approximate surface area is 157 Å². The summed E-state index contributed by atoms with van der Waals surface area (Å²) in [7, 11) is 0.0277. The van der Waals surface area contributed by atoms with Crippen molar-refractivity contribution in [3.05, 3.63) is 0 Å². The van der Waals surface area contributed by atoms with Crippen molar-refractivity contribution in [3.8, 4) is 0 Å². The van der Waals surface area contributed by atoms with E-state index in [-0.39, 0.29) is 6.04 Å². The van der Waals surface area contributed by atoms with Crippen LogP contribution in [0, 0.1) is 0 Å². The highest BCUT2D eigenvalue weighted by Gasteiger charge is 2.34. The standard InChI is InChI=1S/C20H43NO3S/c1-7-8-9-10-11-12-13-14-15-16-17-21(5,6)19(2)18-20(3,4)25(22,23)24/h19H,7-18H2,1-6H3. The summed E-state index contributed by atoms with van der Waals surface area (Å²) in [4.78, 5) is 0. The molecule has 0 radical (unpaired) electrons. The van der Waals surface area contributed by atoms with Crippen LogP contribution in [0.3, 0.4) is 0 Å². The smallest absolute Gasteiger partial charge is 0.100 e. The molecule has 0 saturated carbocycles. The Morgan fingerprint density at radius 3 is 1.68 bits per heavy atom. The zero-order valence-corrected chi connectivity index (χ0v) is 18.5. The third-order valence-electron chi connectivity index (χ3n) is 5.74. The fraction of sp³-hybridized carbons (Fsp3) is 1.00. The molecule has 0 rings (SSSR count). The van der Waals surface area contributed by atoms with Crippen LogP contribution in [0.1, 0.15) is 98.3 Å². The van der Waals surface area contributed by atoms with Gasteiger partial charge in [-0.15, -0.1) is 0 Å². The van der Waals surface area contributed by atoms with Crippen LogP contribution in [0.25, 0.3) is 0 Å². The molecule has 1 unspecified atom stereocenters. The molecule has 4 nitrogen and oxygen atoms in total. The summed E-state index contributed by atoms with van der Waals surface area (Å²) in [5.74, 6) is 0. The molecule has 0 fully saturated rings. The molecule has 0 N–H and O–H groups in total. The predicted molar refractivity (Wildman–Crippen MR) is 107 cm³/mol. The van der Waals surface area contributed by atoms with Gasteiger partial charge in [-0.3, -0.25) is 0 Å². The summed E-state index contributed by atoms with van der Waals surface area (Å²) >= 11 is 0. The van der Waals surface area contributed by atoms with Gasteiger partial charge >= 0.3 is 0 Å². The van der Waals surface area contributed by atoms with Crippen LogP contribution < -0.4 is 0 Å². The summed E-state index contributed by atoms with van der Waals surface area (Å²) in [6, 6.07) is 0.150. The molecule has 0 saturated heterocycles. The Hall–Kier alpha value is -0.130. The Bertz CT molecular complexity index is 444. The molecule has 0 aromatic heterocycles. The van der Waals surface area contributed by atoms with E-state index in [2.05, 4.69) is 27.9 Å². The molecule has 1 atom stereocenters. The van der Waals surface area contributed by atoms with Crippen molar-refractivity contribution in [2.75, 3.05) is 20.6 Å². The van der Waals surface area contributed by atoms with Crippen LogP contribution in [0.4, 0.5) is 0 Å². The Morgan fingerprint density at radius 1 is 0.880 bits per heavy atom. The first-order chi connectivity index (χ1) is 11.4. The first-order valence-corrected chi connectivity index (χ1v) is 11.6. The van der Waals surface area contributed by atoms with Gasteiger partial charge in [0.15, 0.2) is 0 Å². The minimum absolute atomic E-state index is 0.150. The van der Waals surface area contributed by atoms with E-state index >= 15 is 0 Å². The van der Waals surface area contributed by atoms with Crippen LogP contribution in [-0.4, -0.2) is 48.9 Å². The molecule has 25 heavy (non-hydrogen) atoms. The summed E-state index contributed by atoms with van der Waals surface area (Å²) in [5.41, 5.74) is 0. The molecule has 0 amide bonds. The molecular formula is C20H43NO3S. The van der Waals surface area contributed by atoms with Gasteiger partial charge in [-0.1, -0.05) is 58.3 Å². The van der Waals surface area contributed by atoms with Crippen LogP contribution in [0.5, 0.6) is 0 Å². The van der Waals surface area contributed by atoms with Gasteiger partial charge in [0.25, 0.3) is 0 Å². The van der Waals surface area contributed by atoms with E-state index in [4.69, 9.17) is 0 Å². The Kier molecular flexibility index (Phi) is 11.5. The maximum Gasteiger partial charge on any atom is 0.100 e. The topological polar surface area (TPSA) is 57.2 Å².